The van der Waals surface area contributed by atoms with Crippen molar-refractivity contribution in [2.75, 3.05) is 12.6 Å². The van der Waals surface area contributed by atoms with E-state index in [1.165, 1.54) is 0 Å². The van der Waals surface area contributed by atoms with Gasteiger partial charge in [0, 0.05) is 8.95 Å². The van der Waals surface area contributed by atoms with Crippen molar-refractivity contribution in [1.29, 1.82) is 0 Å². The van der Waals surface area contributed by atoms with Gasteiger partial charge in [-0.1, -0.05) is 31.9 Å². The molecule has 0 atom stereocenters. The summed E-state index contributed by atoms with van der Waals surface area (Å²) in [5.41, 5.74) is 3.64. The Morgan fingerprint density at radius 1 is 1.18 bits per heavy atom. The van der Waals surface area contributed by atoms with Crippen LogP contribution in [0.5, 0.6) is 0 Å². The van der Waals surface area contributed by atoms with E-state index in [4.69, 9.17) is 4.84 Å². The fourth-order valence-corrected chi connectivity index (χ4v) is 2.02. The first-order valence-corrected chi connectivity index (χ1v) is 4.56. The van der Waals surface area contributed by atoms with Crippen LogP contribution in [0.3, 0.4) is 0 Å². The van der Waals surface area contributed by atoms with Gasteiger partial charge in [0.2, 0.25) is 0 Å². The van der Waals surface area contributed by atoms with Crippen LogP contribution in [-0.2, 0) is 4.84 Å². The Kier molecular flexibility index (Phi) is 3.36. The molecule has 60 valence electrons. The summed E-state index contributed by atoms with van der Waals surface area (Å²) in [5.74, 6) is 0. The fourth-order valence-electron chi connectivity index (χ4n) is 0.731. The van der Waals surface area contributed by atoms with Crippen LogP contribution in [0.1, 0.15) is 0 Å². The zero-order chi connectivity index (χ0) is 8.27. The largest absolute Gasteiger partial charge is 0.279 e. The molecule has 0 saturated heterocycles. The molecule has 11 heavy (non-hydrogen) atoms. The number of benzene rings is 1. The molecular formula is C7H7Br2NO. The summed E-state index contributed by atoms with van der Waals surface area (Å²) < 4.78 is 2.01. The average molecular weight is 281 g/mol. The molecule has 1 aromatic carbocycles. The Bertz CT molecular complexity index is 232. The standard InChI is InChI=1S/C7H7Br2NO/c1-11-10-7-3-5(8)2-6(9)4-7/h2-4,10H,1H3. The number of rotatable bonds is 2. The van der Waals surface area contributed by atoms with Crippen LogP contribution in [-0.4, -0.2) is 7.11 Å². The van der Waals surface area contributed by atoms with Gasteiger partial charge in [-0.05, 0) is 18.2 Å². The highest BCUT2D eigenvalue weighted by Crippen LogP contribution is 2.22. The lowest BCUT2D eigenvalue weighted by molar-refractivity contribution is 0.271. The minimum absolute atomic E-state index is 0.911. The monoisotopic (exact) mass is 279 g/mol. The van der Waals surface area contributed by atoms with Crippen molar-refractivity contribution in [2.45, 2.75) is 0 Å². The maximum absolute atomic E-state index is 4.75. The van der Waals surface area contributed by atoms with Crippen molar-refractivity contribution in [3.8, 4) is 0 Å². The van der Waals surface area contributed by atoms with E-state index in [1.807, 2.05) is 18.2 Å². The van der Waals surface area contributed by atoms with Crippen molar-refractivity contribution < 1.29 is 4.84 Å². The zero-order valence-corrected chi connectivity index (χ0v) is 9.07. The molecule has 0 unspecified atom stereocenters. The highest BCUT2D eigenvalue weighted by atomic mass is 79.9. The highest BCUT2D eigenvalue weighted by molar-refractivity contribution is 9.11. The molecule has 0 saturated carbocycles. The summed E-state index contributed by atoms with van der Waals surface area (Å²) in [7, 11) is 1.58. The van der Waals surface area contributed by atoms with Crippen LogP contribution in [0.2, 0.25) is 0 Å². The molecule has 0 aliphatic heterocycles. The number of hydrogen-bond acceptors (Lipinski definition) is 2. The lowest BCUT2D eigenvalue weighted by Crippen LogP contribution is -1.94. The maximum Gasteiger partial charge on any atom is 0.0636 e. The summed E-state index contributed by atoms with van der Waals surface area (Å²) in [4.78, 5) is 4.75. The minimum Gasteiger partial charge on any atom is -0.279 e. The van der Waals surface area contributed by atoms with Crippen LogP contribution in [0.25, 0.3) is 0 Å². The highest BCUT2D eigenvalue weighted by Gasteiger charge is 1.95. The normalized spacial score (nSPS) is 9.73. The smallest absolute Gasteiger partial charge is 0.0636 e. The molecule has 0 bridgehead atoms. The Balaban J connectivity index is 2.89. The maximum atomic E-state index is 4.75. The topological polar surface area (TPSA) is 21.3 Å². The van der Waals surface area contributed by atoms with Gasteiger partial charge in [-0.2, -0.15) is 0 Å². The van der Waals surface area contributed by atoms with Crippen LogP contribution < -0.4 is 5.48 Å². The summed E-state index contributed by atoms with van der Waals surface area (Å²) in [6, 6.07) is 5.81. The molecule has 0 aliphatic carbocycles. The Hall–Kier alpha value is -0.0600. The third-order valence-corrected chi connectivity index (χ3v) is 2.00. The molecule has 4 heteroatoms. The molecule has 1 aromatic rings. The first kappa shape index (κ1) is 9.03. The van der Waals surface area contributed by atoms with Crippen molar-refractivity contribution in [3.63, 3.8) is 0 Å². The summed E-state index contributed by atoms with van der Waals surface area (Å²) in [5, 5.41) is 0. The minimum atomic E-state index is 0.911. The van der Waals surface area contributed by atoms with E-state index in [2.05, 4.69) is 37.3 Å². The summed E-state index contributed by atoms with van der Waals surface area (Å²) in [6.07, 6.45) is 0. The summed E-state index contributed by atoms with van der Waals surface area (Å²) in [6.45, 7) is 0. The van der Waals surface area contributed by atoms with E-state index >= 15 is 0 Å². The van der Waals surface area contributed by atoms with Crippen LogP contribution >= 0.6 is 31.9 Å². The molecule has 1 rings (SSSR count). The first-order valence-electron chi connectivity index (χ1n) is 2.97. The molecule has 0 radical (unpaired) electrons. The van der Waals surface area contributed by atoms with Crippen molar-refractivity contribution in [2.24, 2.45) is 0 Å². The molecule has 0 amide bonds. The number of nitrogens with one attached hydrogen (secondary N) is 1. The van der Waals surface area contributed by atoms with E-state index in [-0.39, 0.29) is 0 Å². The molecule has 0 heterocycles. The predicted octanol–water partition coefficient (Wildman–Crippen LogP) is 3.18. The van der Waals surface area contributed by atoms with E-state index in [1.54, 1.807) is 7.11 Å². The number of anilines is 1. The lowest BCUT2D eigenvalue weighted by Gasteiger charge is -2.03. The molecule has 0 aliphatic rings. The predicted molar refractivity (Wildman–Crippen MR) is 52.5 cm³/mol. The fraction of sp³-hybridized carbons (Fsp3) is 0.143. The van der Waals surface area contributed by atoms with E-state index in [0.29, 0.717) is 0 Å². The summed E-state index contributed by atoms with van der Waals surface area (Å²) >= 11 is 6.71. The van der Waals surface area contributed by atoms with Gasteiger partial charge in [0.25, 0.3) is 0 Å². The molecule has 0 spiro atoms. The van der Waals surface area contributed by atoms with Gasteiger partial charge in [-0.3, -0.25) is 10.3 Å². The number of hydrogen-bond donors (Lipinski definition) is 1. The molecule has 0 fully saturated rings. The van der Waals surface area contributed by atoms with Gasteiger partial charge in [0.1, 0.15) is 0 Å². The third-order valence-electron chi connectivity index (χ3n) is 1.08. The van der Waals surface area contributed by atoms with E-state index in [9.17, 15) is 0 Å². The Labute approximate surface area is 82.1 Å². The Morgan fingerprint density at radius 3 is 2.18 bits per heavy atom. The molecule has 0 aromatic heterocycles. The third kappa shape index (κ3) is 2.81. The average Bonchev–Trinajstić information content (AvgIpc) is 1.85. The van der Waals surface area contributed by atoms with Crippen molar-refractivity contribution >= 4 is 37.5 Å². The van der Waals surface area contributed by atoms with Crippen LogP contribution in [0, 0.1) is 0 Å². The van der Waals surface area contributed by atoms with Gasteiger partial charge in [0.05, 0.1) is 12.8 Å². The number of halogens is 2. The van der Waals surface area contributed by atoms with Gasteiger partial charge < -0.3 is 0 Å². The molecule has 2 nitrogen and oxygen atoms in total. The van der Waals surface area contributed by atoms with Crippen LogP contribution in [0.4, 0.5) is 5.69 Å². The van der Waals surface area contributed by atoms with Gasteiger partial charge in [0.15, 0.2) is 0 Å². The molecule has 1 N–H and O–H groups in total. The zero-order valence-electron chi connectivity index (χ0n) is 5.90. The molecular weight excluding hydrogens is 274 g/mol. The van der Waals surface area contributed by atoms with Gasteiger partial charge >= 0.3 is 0 Å². The van der Waals surface area contributed by atoms with E-state index < -0.39 is 0 Å². The second-order valence-corrected chi connectivity index (χ2v) is 3.80. The SMILES string of the molecule is CONc1cc(Br)cc(Br)c1. The quantitative estimate of drug-likeness (QED) is 0.840. The lowest BCUT2D eigenvalue weighted by atomic mass is 10.3. The van der Waals surface area contributed by atoms with Gasteiger partial charge in [-0.25, -0.2) is 0 Å². The van der Waals surface area contributed by atoms with E-state index in [0.717, 1.165) is 14.6 Å². The Morgan fingerprint density at radius 2 is 1.73 bits per heavy atom. The van der Waals surface area contributed by atoms with Crippen molar-refractivity contribution in [3.05, 3.63) is 27.1 Å². The van der Waals surface area contributed by atoms with Gasteiger partial charge in [-0.15, -0.1) is 0 Å². The second-order valence-electron chi connectivity index (χ2n) is 1.96. The second kappa shape index (κ2) is 4.09. The van der Waals surface area contributed by atoms with Crippen LogP contribution in [0.15, 0.2) is 27.1 Å². The van der Waals surface area contributed by atoms with Crippen molar-refractivity contribution in [1.82, 2.24) is 0 Å². The first-order chi connectivity index (χ1) is 5.22.